The van der Waals surface area contributed by atoms with Crippen molar-refractivity contribution in [3.8, 4) is 0 Å². The number of anilines is 1. The highest BCUT2D eigenvalue weighted by Gasteiger charge is 2.32. The average Bonchev–Trinajstić information content (AvgIpc) is 2.65. The molecular weight excluding hydrogens is 368 g/mol. The minimum absolute atomic E-state index is 0.0348. The fourth-order valence-electron chi connectivity index (χ4n) is 2.92. The Bertz CT molecular complexity index is 811. The summed E-state index contributed by atoms with van der Waals surface area (Å²) in [6.07, 6.45) is 0. The lowest BCUT2D eigenvalue weighted by Gasteiger charge is -2.33. The number of amides is 2. The van der Waals surface area contributed by atoms with Crippen LogP contribution in [0.3, 0.4) is 0 Å². The molecule has 0 saturated heterocycles. The molecule has 6 heteroatoms. The molecule has 2 aromatic carbocycles. The first-order valence-corrected chi connectivity index (χ1v) is 9.93. The Morgan fingerprint density at radius 1 is 1.15 bits per heavy atom. The van der Waals surface area contributed by atoms with E-state index in [2.05, 4.69) is 5.32 Å². The maximum Gasteiger partial charge on any atom is 0.251 e. The number of hydrogen-bond acceptors (Lipinski definition) is 3. The highest BCUT2D eigenvalue weighted by atomic mass is 35.5. The van der Waals surface area contributed by atoms with Crippen LogP contribution in [-0.2, 0) is 4.79 Å². The van der Waals surface area contributed by atoms with Crippen LogP contribution in [0.15, 0.2) is 53.4 Å². The summed E-state index contributed by atoms with van der Waals surface area (Å²) in [6.45, 7) is 4.47. The molecule has 1 aliphatic heterocycles. The number of benzene rings is 2. The summed E-state index contributed by atoms with van der Waals surface area (Å²) in [5.41, 5.74) is 1.36. The van der Waals surface area contributed by atoms with Gasteiger partial charge in [0.15, 0.2) is 0 Å². The molecule has 2 aromatic rings. The number of nitrogens with one attached hydrogen (secondary N) is 1. The quantitative estimate of drug-likeness (QED) is 0.852. The number of halogens is 1. The van der Waals surface area contributed by atoms with Crippen molar-refractivity contribution in [3.05, 3.63) is 59.1 Å². The number of rotatable bonds is 4. The Morgan fingerprint density at radius 2 is 1.88 bits per heavy atom. The van der Waals surface area contributed by atoms with E-state index >= 15 is 0 Å². The van der Waals surface area contributed by atoms with Crippen LogP contribution in [-0.4, -0.2) is 30.2 Å². The Kier molecular flexibility index (Phi) is 5.89. The Morgan fingerprint density at radius 3 is 2.58 bits per heavy atom. The summed E-state index contributed by atoms with van der Waals surface area (Å²) in [5, 5.41) is 3.50. The first-order chi connectivity index (χ1) is 12.5. The third-order valence-corrected chi connectivity index (χ3v) is 5.58. The zero-order valence-corrected chi connectivity index (χ0v) is 16.3. The molecule has 1 N–H and O–H groups in total. The highest BCUT2D eigenvalue weighted by Crippen LogP contribution is 2.37. The lowest BCUT2D eigenvalue weighted by molar-refractivity contribution is -0.121. The summed E-state index contributed by atoms with van der Waals surface area (Å²) < 4.78 is 0. The molecule has 0 aromatic heterocycles. The summed E-state index contributed by atoms with van der Waals surface area (Å²) in [5.74, 6) is 0.438. The van der Waals surface area contributed by atoms with Gasteiger partial charge in [0, 0.05) is 27.8 Å². The van der Waals surface area contributed by atoms with E-state index < -0.39 is 6.04 Å². The number of hydrogen-bond donors (Lipinski definition) is 1. The fraction of sp³-hybridized carbons (Fsp3) is 0.300. The van der Waals surface area contributed by atoms with Gasteiger partial charge in [-0.25, -0.2) is 0 Å². The zero-order valence-electron chi connectivity index (χ0n) is 14.7. The Labute approximate surface area is 162 Å². The third kappa shape index (κ3) is 4.05. The fourth-order valence-corrected chi connectivity index (χ4v) is 4.06. The van der Waals surface area contributed by atoms with Crippen molar-refractivity contribution >= 4 is 40.9 Å². The maximum atomic E-state index is 13.2. The first kappa shape index (κ1) is 18.8. The molecule has 26 heavy (non-hydrogen) atoms. The largest absolute Gasteiger partial charge is 0.340 e. The molecule has 0 spiro atoms. The van der Waals surface area contributed by atoms with Crippen LogP contribution in [0.1, 0.15) is 24.2 Å². The first-order valence-electron chi connectivity index (χ1n) is 8.57. The van der Waals surface area contributed by atoms with Crippen molar-refractivity contribution in [1.82, 2.24) is 5.32 Å². The SMILES string of the molecule is CC(C)C(NC(=O)c1ccccc1)C(=O)N1CCSc2ccc(Cl)cc21. The van der Waals surface area contributed by atoms with Crippen LogP contribution >= 0.6 is 23.4 Å². The van der Waals surface area contributed by atoms with E-state index in [1.807, 2.05) is 38.1 Å². The van der Waals surface area contributed by atoms with E-state index in [-0.39, 0.29) is 17.7 Å². The van der Waals surface area contributed by atoms with Crippen LogP contribution in [0.25, 0.3) is 0 Å². The molecule has 2 amide bonds. The second-order valence-electron chi connectivity index (χ2n) is 6.51. The van der Waals surface area contributed by atoms with E-state index in [4.69, 9.17) is 11.6 Å². The highest BCUT2D eigenvalue weighted by molar-refractivity contribution is 7.99. The van der Waals surface area contributed by atoms with Gasteiger partial charge in [0.1, 0.15) is 6.04 Å². The number of carbonyl (C=O) groups excluding carboxylic acids is 2. The standard InChI is InChI=1S/C20H21ClN2O2S/c1-13(2)18(22-19(24)14-6-4-3-5-7-14)20(25)23-10-11-26-17-9-8-15(21)12-16(17)23/h3-9,12-13,18H,10-11H2,1-2H3,(H,22,24). The monoisotopic (exact) mass is 388 g/mol. The molecular formula is C20H21ClN2O2S. The van der Waals surface area contributed by atoms with Gasteiger partial charge in [0.2, 0.25) is 5.91 Å². The molecule has 1 heterocycles. The predicted octanol–water partition coefficient (Wildman–Crippen LogP) is 4.23. The molecule has 3 rings (SSSR count). The molecule has 136 valence electrons. The number of nitrogens with zero attached hydrogens (tertiary/aromatic N) is 1. The van der Waals surface area contributed by atoms with Crippen LogP contribution in [0.2, 0.25) is 5.02 Å². The molecule has 1 unspecified atom stereocenters. The molecule has 4 nitrogen and oxygen atoms in total. The van der Waals surface area contributed by atoms with Gasteiger partial charge in [0.25, 0.3) is 5.91 Å². The third-order valence-electron chi connectivity index (χ3n) is 4.31. The van der Waals surface area contributed by atoms with E-state index in [0.29, 0.717) is 17.1 Å². The zero-order chi connectivity index (χ0) is 18.7. The Balaban J connectivity index is 1.84. The van der Waals surface area contributed by atoms with Crippen LogP contribution in [0.5, 0.6) is 0 Å². The van der Waals surface area contributed by atoms with Crippen molar-refractivity contribution in [2.75, 3.05) is 17.2 Å². The van der Waals surface area contributed by atoms with E-state index in [1.165, 1.54) is 0 Å². The van der Waals surface area contributed by atoms with Gasteiger partial charge in [-0.15, -0.1) is 11.8 Å². The smallest absolute Gasteiger partial charge is 0.251 e. The predicted molar refractivity (Wildman–Crippen MR) is 107 cm³/mol. The van der Waals surface area contributed by atoms with Crippen molar-refractivity contribution in [3.63, 3.8) is 0 Å². The Hall–Kier alpha value is -1.98. The van der Waals surface area contributed by atoms with E-state index in [9.17, 15) is 9.59 Å². The summed E-state index contributed by atoms with van der Waals surface area (Å²) >= 11 is 7.85. The van der Waals surface area contributed by atoms with Crippen LogP contribution in [0, 0.1) is 5.92 Å². The molecule has 1 atom stereocenters. The van der Waals surface area contributed by atoms with Crippen LogP contribution in [0.4, 0.5) is 5.69 Å². The van der Waals surface area contributed by atoms with Crippen molar-refractivity contribution in [2.45, 2.75) is 24.8 Å². The van der Waals surface area contributed by atoms with E-state index in [0.717, 1.165) is 16.3 Å². The van der Waals surface area contributed by atoms with Gasteiger partial charge >= 0.3 is 0 Å². The van der Waals surface area contributed by atoms with Crippen molar-refractivity contribution in [2.24, 2.45) is 5.92 Å². The van der Waals surface area contributed by atoms with Gasteiger partial charge in [-0.1, -0.05) is 43.6 Å². The summed E-state index contributed by atoms with van der Waals surface area (Å²) in [7, 11) is 0. The minimum Gasteiger partial charge on any atom is -0.340 e. The number of thioether (sulfide) groups is 1. The number of carbonyl (C=O) groups is 2. The van der Waals surface area contributed by atoms with E-state index in [1.54, 1.807) is 40.9 Å². The van der Waals surface area contributed by atoms with Crippen LogP contribution < -0.4 is 10.2 Å². The van der Waals surface area contributed by atoms with Gasteiger partial charge in [-0.3, -0.25) is 9.59 Å². The topological polar surface area (TPSA) is 49.4 Å². The number of fused-ring (bicyclic) bond motifs is 1. The van der Waals surface area contributed by atoms with Gasteiger partial charge in [-0.05, 0) is 36.2 Å². The minimum atomic E-state index is -0.599. The molecule has 0 fully saturated rings. The van der Waals surface area contributed by atoms with Crippen molar-refractivity contribution < 1.29 is 9.59 Å². The maximum absolute atomic E-state index is 13.2. The molecule has 0 bridgehead atoms. The van der Waals surface area contributed by atoms with Gasteiger partial charge < -0.3 is 10.2 Å². The summed E-state index contributed by atoms with van der Waals surface area (Å²) in [6, 6.07) is 13.9. The molecule has 1 aliphatic rings. The summed E-state index contributed by atoms with van der Waals surface area (Å²) in [4.78, 5) is 28.6. The lowest BCUT2D eigenvalue weighted by atomic mass is 10.0. The van der Waals surface area contributed by atoms with Crippen molar-refractivity contribution in [1.29, 1.82) is 0 Å². The molecule has 0 radical (unpaired) electrons. The average molecular weight is 389 g/mol. The lowest BCUT2D eigenvalue weighted by Crippen LogP contribution is -2.52. The second-order valence-corrected chi connectivity index (χ2v) is 8.08. The van der Waals surface area contributed by atoms with Gasteiger partial charge in [-0.2, -0.15) is 0 Å². The molecule has 0 aliphatic carbocycles. The van der Waals surface area contributed by atoms with Gasteiger partial charge in [0.05, 0.1) is 5.69 Å². The normalized spacial score (nSPS) is 14.7. The second kappa shape index (κ2) is 8.14. The molecule has 0 saturated carbocycles.